The maximum Gasteiger partial charge on any atom is 0.305 e. The molecule has 2 nitrogen and oxygen atoms in total. The molecule has 1 unspecified atom stereocenters. The lowest BCUT2D eigenvalue weighted by Gasteiger charge is -2.15. The Balaban J connectivity index is 1.91. The van der Waals surface area contributed by atoms with E-state index in [0.717, 1.165) is 24.1 Å². The summed E-state index contributed by atoms with van der Waals surface area (Å²) in [4.78, 5) is 11.2. The second-order valence-electron chi connectivity index (χ2n) is 4.63. The van der Waals surface area contributed by atoms with Crippen molar-refractivity contribution < 1.29 is 9.53 Å². The monoisotopic (exact) mass is 302 g/mol. The van der Waals surface area contributed by atoms with Gasteiger partial charge in [0.25, 0.3) is 0 Å². The fraction of sp³-hybridized carbons (Fsp3) is 0.786. The van der Waals surface area contributed by atoms with Crippen LogP contribution in [-0.4, -0.2) is 17.9 Å². The Kier molecular flexibility index (Phi) is 8.41. The van der Waals surface area contributed by atoms with Crippen molar-refractivity contribution in [1.82, 2.24) is 0 Å². The van der Waals surface area contributed by atoms with Gasteiger partial charge in [-0.3, -0.25) is 4.79 Å². The van der Waals surface area contributed by atoms with Gasteiger partial charge < -0.3 is 4.74 Å². The van der Waals surface area contributed by atoms with Gasteiger partial charge in [-0.05, 0) is 38.0 Å². The minimum absolute atomic E-state index is 0.0537. The molecule has 3 heteroatoms. The molecular weight excluding hydrogens is 280 g/mol. The minimum atomic E-state index is -0.0537. The van der Waals surface area contributed by atoms with E-state index in [1.54, 1.807) is 0 Å². The molecule has 1 rings (SSSR count). The first-order valence-corrected chi connectivity index (χ1v) is 7.83. The summed E-state index contributed by atoms with van der Waals surface area (Å²) in [6.07, 6.45) is 13.9. The predicted molar refractivity (Wildman–Crippen MR) is 74.3 cm³/mol. The van der Waals surface area contributed by atoms with Crippen LogP contribution in [0.1, 0.15) is 51.4 Å². The first-order chi connectivity index (χ1) is 8.33. The van der Waals surface area contributed by atoms with Gasteiger partial charge in [0, 0.05) is 11.8 Å². The van der Waals surface area contributed by atoms with Crippen LogP contribution < -0.4 is 0 Å². The van der Waals surface area contributed by atoms with Gasteiger partial charge in [-0.1, -0.05) is 40.9 Å². The van der Waals surface area contributed by atoms with Gasteiger partial charge in [-0.2, -0.15) is 0 Å². The molecule has 0 N–H and O–H groups in total. The molecule has 0 fully saturated rings. The molecule has 0 aliphatic heterocycles. The van der Waals surface area contributed by atoms with Crippen molar-refractivity contribution in [2.75, 3.05) is 11.9 Å². The van der Waals surface area contributed by atoms with Crippen LogP contribution in [0.25, 0.3) is 0 Å². The standard InChI is InChI=1S/C14H23BrO2/c15-11-12-17-14(16)10-6-2-5-9-13-7-3-1-4-8-13/h3,7,13H,1-2,4-6,8-12H2. The van der Waals surface area contributed by atoms with E-state index < -0.39 is 0 Å². The SMILES string of the molecule is O=C(CCCCCC1C=CCCC1)OCCBr. The summed E-state index contributed by atoms with van der Waals surface area (Å²) in [6.45, 7) is 0.492. The Morgan fingerprint density at radius 3 is 2.94 bits per heavy atom. The molecule has 0 heterocycles. The number of carbonyl (C=O) groups is 1. The second kappa shape index (κ2) is 9.69. The highest BCUT2D eigenvalue weighted by atomic mass is 79.9. The van der Waals surface area contributed by atoms with Crippen LogP contribution in [0.2, 0.25) is 0 Å². The third kappa shape index (κ3) is 7.58. The van der Waals surface area contributed by atoms with Crippen molar-refractivity contribution in [1.29, 1.82) is 0 Å². The molecule has 0 saturated carbocycles. The molecule has 0 radical (unpaired) electrons. The Morgan fingerprint density at radius 2 is 2.24 bits per heavy atom. The first kappa shape index (κ1) is 14.7. The van der Waals surface area contributed by atoms with Crippen LogP contribution in [-0.2, 0) is 9.53 Å². The zero-order valence-corrected chi connectivity index (χ0v) is 12.1. The quantitative estimate of drug-likeness (QED) is 0.290. The Bertz CT molecular complexity index is 238. The van der Waals surface area contributed by atoms with Crippen LogP contribution in [0.3, 0.4) is 0 Å². The molecule has 0 amide bonds. The summed E-state index contributed by atoms with van der Waals surface area (Å²) in [7, 11) is 0. The fourth-order valence-electron chi connectivity index (χ4n) is 2.20. The van der Waals surface area contributed by atoms with Crippen molar-refractivity contribution in [3.63, 3.8) is 0 Å². The summed E-state index contributed by atoms with van der Waals surface area (Å²) < 4.78 is 4.99. The minimum Gasteiger partial charge on any atom is -0.465 e. The molecule has 0 saturated heterocycles. The summed E-state index contributed by atoms with van der Waals surface area (Å²) in [6, 6.07) is 0. The third-order valence-corrected chi connectivity index (χ3v) is 3.47. The average Bonchev–Trinajstić information content (AvgIpc) is 2.37. The second-order valence-corrected chi connectivity index (χ2v) is 5.42. The van der Waals surface area contributed by atoms with Crippen molar-refractivity contribution in [3.8, 4) is 0 Å². The largest absolute Gasteiger partial charge is 0.465 e. The van der Waals surface area contributed by atoms with Crippen LogP contribution in [0, 0.1) is 5.92 Å². The van der Waals surface area contributed by atoms with E-state index in [1.807, 2.05) is 0 Å². The Hall–Kier alpha value is -0.310. The molecular formula is C14H23BrO2. The number of allylic oxidation sites excluding steroid dienone is 2. The maximum atomic E-state index is 11.2. The number of halogens is 1. The fourth-order valence-corrected chi connectivity index (χ4v) is 2.36. The van der Waals surface area contributed by atoms with Gasteiger partial charge in [0.1, 0.15) is 6.61 Å². The zero-order valence-electron chi connectivity index (χ0n) is 10.5. The number of hydrogen-bond donors (Lipinski definition) is 0. The molecule has 1 aliphatic rings. The lowest BCUT2D eigenvalue weighted by atomic mass is 9.91. The van der Waals surface area contributed by atoms with E-state index in [2.05, 4.69) is 28.1 Å². The van der Waals surface area contributed by atoms with Crippen LogP contribution in [0.4, 0.5) is 0 Å². The van der Waals surface area contributed by atoms with Crippen LogP contribution in [0.15, 0.2) is 12.2 Å². The number of ether oxygens (including phenoxy) is 1. The van der Waals surface area contributed by atoms with E-state index in [0.29, 0.717) is 13.0 Å². The Labute approximate surface area is 113 Å². The molecule has 0 aromatic rings. The van der Waals surface area contributed by atoms with Crippen molar-refractivity contribution in [2.24, 2.45) is 5.92 Å². The summed E-state index contributed by atoms with van der Waals surface area (Å²) in [5.74, 6) is 0.742. The summed E-state index contributed by atoms with van der Waals surface area (Å²) >= 11 is 3.23. The van der Waals surface area contributed by atoms with Gasteiger partial charge in [0.15, 0.2) is 0 Å². The highest BCUT2D eigenvalue weighted by molar-refractivity contribution is 9.09. The zero-order chi connectivity index (χ0) is 12.3. The van der Waals surface area contributed by atoms with E-state index in [-0.39, 0.29) is 5.97 Å². The number of rotatable bonds is 8. The van der Waals surface area contributed by atoms with Crippen molar-refractivity contribution in [3.05, 3.63) is 12.2 Å². The molecule has 1 atom stereocenters. The van der Waals surface area contributed by atoms with Gasteiger partial charge >= 0.3 is 5.97 Å². The molecule has 0 spiro atoms. The third-order valence-electron chi connectivity index (χ3n) is 3.15. The molecule has 0 aromatic heterocycles. The van der Waals surface area contributed by atoms with Gasteiger partial charge in [0.2, 0.25) is 0 Å². The normalized spacial score (nSPS) is 19.2. The smallest absolute Gasteiger partial charge is 0.305 e. The number of carbonyl (C=O) groups excluding carboxylic acids is 1. The first-order valence-electron chi connectivity index (χ1n) is 6.71. The lowest BCUT2D eigenvalue weighted by Crippen LogP contribution is -2.06. The highest BCUT2D eigenvalue weighted by Crippen LogP contribution is 2.22. The molecule has 0 bridgehead atoms. The molecule has 17 heavy (non-hydrogen) atoms. The molecule has 98 valence electrons. The topological polar surface area (TPSA) is 26.3 Å². The molecule has 1 aliphatic carbocycles. The van der Waals surface area contributed by atoms with Crippen LogP contribution >= 0.6 is 15.9 Å². The summed E-state index contributed by atoms with van der Waals surface area (Å²) in [5.41, 5.74) is 0. The van der Waals surface area contributed by atoms with Gasteiger partial charge in [-0.15, -0.1) is 0 Å². The number of alkyl halides is 1. The van der Waals surface area contributed by atoms with E-state index >= 15 is 0 Å². The van der Waals surface area contributed by atoms with E-state index in [1.165, 1.54) is 32.1 Å². The van der Waals surface area contributed by atoms with Gasteiger partial charge in [0.05, 0.1) is 0 Å². The predicted octanol–water partition coefficient (Wildman–Crippen LogP) is 4.23. The lowest BCUT2D eigenvalue weighted by molar-refractivity contribution is -0.143. The van der Waals surface area contributed by atoms with Gasteiger partial charge in [-0.25, -0.2) is 0 Å². The number of esters is 1. The van der Waals surface area contributed by atoms with E-state index in [9.17, 15) is 4.79 Å². The number of hydrogen-bond acceptors (Lipinski definition) is 2. The van der Waals surface area contributed by atoms with Crippen LogP contribution in [0.5, 0.6) is 0 Å². The summed E-state index contributed by atoms with van der Waals surface area (Å²) in [5, 5.41) is 0.729. The maximum absolute atomic E-state index is 11.2. The number of unbranched alkanes of at least 4 members (excludes halogenated alkanes) is 2. The Morgan fingerprint density at radius 1 is 1.35 bits per heavy atom. The van der Waals surface area contributed by atoms with E-state index in [4.69, 9.17) is 4.74 Å². The van der Waals surface area contributed by atoms with Crippen molar-refractivity contribution >= 4 is 21.9 Å². The molecule has 0 aromatic carbocycles. The van der Waals surface area contributed by atoms with Crippen molar-refractivity contribution in [2.45, 2.75) is 51.4 Å². The highest BCUT2D eigenvalue weighted by Gasteiger charge is 2.08. The average molecular weight is 303 g/mol.